The molecule has 2 aliphatic heterocycles. The third kappa shape index (κ3) is 6.30. The lowest BCUT2D eigenvalue weighted by molar-refractivity contribution is 0.0633. The van der Waals surface area contributed by atoms with Gasteiger partial charge in [-0.05, 0) is 63.2 Å². The molecule has 3 aromatic carbocycles. The van der Waals surface area contributed by atoms with Crippen LogP contribution in [-0.4, -0.2) is 57.0 Å². The maximum absolute atomic E-state index is 14.5. The van der Waals surface area contributed by atoms with Crippen molar-refractivity contribution in [2.45, 2.75) is 31.3 Å². The molecule has 0 saturated carbocycles. The van der Waals surface area contributed by atoms with Gasteiger partial charge in [-0.2, -0.15) is 0 Å². The molecule has 2 aliphatic rings. The van der Waals surface area contributed by atoms with Crippen molar-refractivity contribution in [2.24, 2.45) is 0 Å². The standard InChI is InChI=1S/C19H20F2N2O5S.C9H7NO2/c1-19(2,3)28-18(24)22-13-10-15(21)17-16(11-13)23(8-9-27-17)29(25,26)14-6-4-12(20)5-7-14;1-10-8(11)6-4-2-3-5-7(6)9(10)12/h4-7,10-11H,8-9H2,1-3H3,(H,22,24);2-5H,1H3. The molecule has 1 N–H and O–H groups in total. The van der Waals surface area contributed by atoms with Crippen molar-refractivity contribution < 1.29 is 41.1 Å². The molecule has 0 bridgehead atoms. The van der Waals surface area contributed by atoms with Crippen molar-refractivity contribution in [3.05, 3.63) is 83.4 Å². The number of benzene rings is 3. The second-order valence-corrected chi connectivity index (χ2v) is 11.9. The van der Waals surface area contributed by atoms with Crippen LogP contribution in [0.3, 0.4) is 0 Å². The first-order valence-electron chi connectivity index (χ1n) is 12.3. The number of rotatable bonds is 3. The summed E-state index contributed by atoms with van der Waals surface area (Å²) in [6.45, 7) is 4.87. The van der Waals surface area contributed by atoms with Gasteiger partial charge in [-0.1, -0.05) is 12.1 Å². The average Bonchev–Trinajstić information content (AvgIpc) is 3.12. The van der Waals surface area contributed by atoms with Crippen LogP contribution >= 0.6 is 0 Å². The SMILES string of the molecule is CC(C)(C)OC(=O)Nc1cc(F)c2c(c1)N(S(=O)(=O)c1ccc(F)cc1)CCO2.CN1C(=O)c2ccccc2C1=O. The van der Waals surface area contributed by atoms with Crippen LogP contribution < -0.4 is 14.4 Å². The van der Waals surface area contributed by atoms with Crippen molar-refractivity contribution in [3.8, 4) is 5.75 Å². The second-order valence-electron chi connectivity index (χ2n) is 10.0. The molecule has 0 radical (unpaired) electrons. The van der Waals surface area contributed by atoms with Crippen LogP contribution in [0, 0.1) is 11.6 Å². The summed E-state index contributed by atoms with van der Waals surface area (Å²) in [6.07, 6.45) is -0.818. The molecule has 41 heavy (non-hydrogen) atoms. The molecule has 0 aliphatic carbocycles. The minimum Gasteiger partial charge on any atom is -0.486 e. The van der Waals surface area contributed by atoms with E-state index in [2.05, 4.69) is 5.32 Å². The molecule has 5 rings (SSSR count). The quantitative estimate of drug-likeness (QED) is 0.437. The number of amides is 3. The second kappa shape index (κ2) is 11.2. The summed E-state index contributed by atoms with van der Waals surface area (Å²) < 4.78 is 65.1. The highest BCUT2D eigenvalue weighted by Crippen LogP contribution is 2.39. The normalized spacial score (nSPS) is 14.4. The van der Waals surface area contributed by atoms with Crippen LogP contribution in [0.5, 0.6) is 5.75 Å². The Kier molecular flexibility index (Phi) is 8.02. The van der Waals surface area contributed by atoms with Crippen molar-refractivity contribution in [1.29, 1.82) is 0 Å². The van der Waals surface area contributed by atoms with E-state index in [4.69, 9.17) is 9.47 Å². The number of sulfonamides is 1. The summed E-state index contributed by atoms with van der Waals surface area (Å²) in [5, 5.41) is 2.38. The van der Waals surface area contributed by atoms with E-state index in [-0.39, 0.29) is 47.0 Å². The number of fused-ring (bicyclic) bond motifs is 2. The van der Waals surface area contributed by atoms with E-state index in [0.717, 1.165) is 39.5 Å². The Morgan fingerprint density at radius 2 is 1.56 bits per heavy atom. The van der Waals surface area contributed by atoms with Gasteiger partial charge in [0, 0.05) is 18.8 Å². The molecular weight excluding hydrogens is 560 g/mol. The van der Waals surface area contributed by atoms with Crippen molar-refractivity contribution in [1.82, 2.24) is 4.90 Å². The van der Waals surface area contributed by atoms with E-state index in [0.29, 0.717) is 11.1 Å². The Hall–Kier alpha value is -4.52. The monoisotopic (exact) mass is 587 g/mol. The molecule has 3 aromatic rings. The van der Waals surface area contributed by atoms with E-state index in [9.17, 15) is 31.6 Å². The van der Waals surface area contributed by atoms with Gasteiger partial charge in [-0.15, -0.1) is 0 Å². The van der Waals surface area contributed by atoms with Crippen molar-refractivity contribution in [2.75, 3.05) is 29.8 Å². The highest BCUT2D eigenvalue weighted by atomic mass is 32.2. The van der Waals surface area contributed by atoms with E-state index in [1.165, 1.54) is 13.1 Å². The first-order chi connectivity index (χ1) is 19.2. The zero-order valence-corrected chi connectivity index (χ0v) is 23.4. The average molecular weight is 588 g/mol. The fourth-order valence-corrected chi connectivity index (χ4v) is 5.49. The van der Waals surface area contributed by atoms with E-state index < -0.39 is 33.4 Å². The molecule has 3 amide bonds. The first-order valence-corrected chi connectivity index (χ1v) is 13.8. The van der Waals surface area contributed by atoms with Gasteiger partial charge in [0.05, 0.1) is 28.3 Å². The zero-order chi connectivity index (χ0) is 30.1. The predicted molar refractivity (Wildman–Crippen MR) is 146 cm³/mol. The Bertz CT molecular complexity index is 1590. The molecule has 2 heterocycles. The summed E-state index contributed by atoms with van der Waals surface area (Å²) in [6, 6.07) is 13.4. The Balaban J connectivity index is 0.000000267. The van der Waals surface area contributed by atoms with Gasteiger partial charge < -0.3 is 9.47 Å². The number of carbonyl (C=O) groups excluding carboxylic acids is 3. The molecule has 0 aromatic heterocycles. The number of anilines is 2. The molecule has 0 atom stereocenters. The van der Waals surface area contributed by atoms with E-state index in [1.807, 2.05) is 0 Å². The van der Waals surface area contributed by atoms with Gasteiger partial charge in [0.1, 0.15) is 18.0 Å². The minimum atomic E-state index is -4.11. The summed E-state index contributed by atoms with van der Waals surface area (Å²) in [5.41, 5.74) is 0.166. The number of nitrogens with one attached hydrogen (secondary N) is 1. The molecule has 216 valence electrons. The van der Waals surface area contributed by atoms with Crippen LogP contribution in [0.1, 0.15) is 41.5 Å². The molecule has 0 unspecified atom stereocenters. The van der Waals surface area contributed by atoms with Crippen molar-refractivity contribution in [3.63, 3.8) is 0 Å². The Labute approximate surface area is 235 Å². The molecular formula is C28H27F2N3O7S. The lowest BCUT2D eigenvalue weighted by Gasteiger charge is -2.31. The topological polar surface area (TPSA) is 122 Å². The summed E-state index contributed by atoms with van der Waals surface area (Å²) in [7, 11) is -2.62. The van der Waals surface area contributed by atoms with Gasteiger partial charge >= 0.3 is 6.09 Å². The van der Waals surface area contributed by atoms with Crippen molar-refractivity contribution >= 4 is 39.3 Å². The lowest BCUT2D eigenvalue weighted by atomic mass is 10.1. The van der Waals surface area contributed by atoms with Crippen LogP contribution in [0.15, 0.2) is 65.6 Å². The summed E-state index contributed by atoms with van der Waals surface area (Å²) >= 11 is 0. The summed E-state index contributed by atoms with van der Waals surface area (Å²) in [4.78, 5) is 35.6. The number of ether oxygens (including phenoxy) is 2. The number of carbonyl (C=O) groups is 3. The Morgan fingerprint density at radius 3 is 2.12 bits per heavy atom. The maximum Gasteiger partial charge on any atom is 0.412 e. The van der Waals surface area contributed by atoms with Gasteiger partial charge in [0.2, 0.25) is 0 Å². The number of hydrogen-bond donors (Lipinski definition) is 1. The van der Waals surface area contributed by atoms with E-state index in [1.54, 1.807) is 45.0 Å². The number of imide groups is 1. The molecule has 0 fully saturated rings. The third-order valence-electron chi connectivity index (χ3n) is 5.88. The van der Waals surface area contributed by atoms with Gasteiger partial charge in [-0.3, -0.25) is 24.1 Å². The fraction of sp³-hybridized carbons (Fsp3) is 0.250. The van der Waals surface area contributed by atoms with Crippen LogP contribution in [0.4, 0.5) is 25.0 Å². The molecule has 10 nitrogen and oxygen atoms in total. The molecule has 13 heteroatoms. The number of halogens is 2. The first kappa shape index (κ1) is 29.5. The summed E-state index contributed by atoms with van der Waals surface area (Å²) in [5.74, 6) is -2.10. The maximum atomic E-state index is 14.5. The highest BCUT2D eigenvalue weighted by Gasteiger charge is 2.33. The largest absolute Gasteiger partial charge is 0.486 e. The number of nitrogens with zero attached hydrogens (tertiary/aromatic N) is 2. The zero-order valence-electron chi connectivity index (χ0n) is 22.6. The smallest absolute Gasteiger partial charge is 0.412 e. The van der Waals surface area contributed by atoms with Crippen LogP contribution in [-0.2, 0) is 14.8 Å². The highest BCUT2D eigenvalue weighted by molar-refractivity contribution is 7.92. The van der Waals surface area contributed by atoms with E-state index >= 15 is 0 Å². The number of hydrogen-bond acceptors (Lipinski definition) is 7. The predicted octanol–water partition coefficient (Wildman–Crippen LogP) is 4.81. The molecule has 0 spiro atoms. The van der Waals surface area contributed by atoms with Gasteiger partial charge in [0.25, 0.3) is 21.8 Å². The van der Waals surface area contributed by atoms with Gasteiger partial charge in [-0.25, -0.2) is 22.0 Å². The lowest BCUT2D eigenvalue weighted by Crippen LogP contribution is -2.38. The Morgan fingerprint density at radius 1 is 0.976 bits per heavy atom. The molecule has 0 saturated heterocycles. The fourth-order valence-electron chi connectivity index (χ4n) is 4.04. The van der Waals surface area contributed by atoms with Crippen LogP contribution in [0.25, 0.3) is 0 Å². The minimum absolute atomic E-state index is 0.000283. The third-order valence-corrected chi connectivity index (χ3v) is 7.70. The van der Waals surface area contributed by atoms with Crippen LogP contribution in [0.2, 0.25) is 0 Å². The van der Waals surface area contributed by atoms with Gasteiger partial charge in [0.15, 0.2) is 11.6 Å².